The zero-order chi connectivity index (χ0) is 13.4. The van der Waals surface area contributed by atoms with Crippen molar-refractivity contribution in [1.82, 2.24) is 4.98 Å². The van der Waals surface area contributed by atoms with E-state index in [-0.39, 0.29) is 5.43 Å². The summed E-state index contributed by atoms with van der Waals surface area (Å²) in [5.74, 6) is 0. The summed E-state index contributed by atoms with van der Waals surface area (Å²) in [5.41, 5.74) is 3.73. The molecule has 3 rings (SSSR count). The number of hydrogen-bond donors (Lipinski definition) is 1. The van der Waals surface area contributed by atoms with Gasteiger partial charge in [0.15, 0.2) is 5.43 Å². The minimum Gasteiger partial charge on any atom is -0.353 e. The third kappa shape index (κ3) is 2.10. The average molecular weight is 314 g/mol. The number of aromatic nitrogens is 1. The van der Waals surface area contributed by atoms with Crippen molar-refractivity contribution in [3.8, 4) is 11.3 Å². The summed E-state index contributed by atoms with van der Waals surface area (Å²) < 4.78 is 0.906. The summed E-state index contributed by atoms with van der Waals surface area (Å²) in [6.45, 7) is 1.95. The van der Waals surface area contributed by atoms with Crippen molar-refractivity contribution in [3.05, 3.63) is 68.8 Å². The molecule has 2 nitrogen and oxygen atoms in total. The molecule has 0 radical (unpaired) electrons. The molecule has 1 N–H and O–H groups in total. The fourth-order valence-corrected chi connectivity index (χ4v) is 2.70. The molecule has 3 aromatic rings. The van der Waals surface area contributed by atoms with Crippen LogP contribution in [-0.4, -0.2) is 4.98 Å². The number of aryl methyl sites for hydroxylation is 1. The molecule has 0 aliphatic rings. The van der Waals surface area contributed by atoms with Crippen molar-refractivity contribution in [3.63, 3.8) is 0 Å². The molecule has 1 heterocycles. The van der Waals surface area contributed by atoms with Crippen molar-refractivity contribution >= 4 is 26.8 Å². The summed E-state index contributed by atoms with van der Waals surface area (Å²) in [7, 11) is 0. The predicted molar refractivity (Wildman–Crippen MR) is 82.4 cm³/mol. The number of benzene rings is 2. The van der Waals surface area contributed by atoms with Crippen molar-refractivity contribution < 1.29 is 0 Å². The number of nitrogens with one attached hydrogen (secondary N) is 1. The maximum Gasteiger partial charge on any atom is 0.190 e. The molecule has 0 spiro atoms. The molecule has 1 aromatic heterocycles. The van der Waals surface area contributed by atoms with E-state index in [2.05, 4.69) is 20.9 Å². The molecule has 0 unspecified atom stereocenters. The van der Waals surface area contributed by atoms with Crippen LogP contribution < -0.4 is 5.43 Å². The topological polar surface area (TPSA) is 32.9 Å². The van der Waals surface area contributed by atoms with Crippen LogP contribution in [0.4, 0.5) is 0 Å². The van der Waals surface area contributed by atoms with Gasteiger partial charge in [-0.2, -0.15) is 0 Å². The van der Waals surface area contributed by atoms with E-state index in [9.17, 15) is 4.79 Å². The summed E-state index contributed by atoms with van der Waals surface area (Å²) in [6, 6.07) is 15.4. The molecule has 2 aromatic carbocycles. The Hall–Kier alpha value is -1.87. The molecule has 0 saturated heterocycles. The van der Waals surface area contributed by atoms with Gasteiger partial charge in [0, 0.05) is 21.6 Å². The fraction of sp³-hybridized carbons (Fsp3) is 0.0625. The van der Waals surface area contributed by atoms with E-state index < -0.39 is 0 Å². The first-order valence-corrected chi connectivity index (χ1v) is 6.83. The Morgan fingerprint density at radius 2 is 1.79 bits per heavy atom. The van der Waals surface area contributed by atoms with Gasteiger partial charge in [-0.05, 0) is 40.0 Å². The van der Waals surface area contributed by atoms with Gasteiger partial charge >= 0.3 is 0 Å². The van der Waals surface area contributed by atoms with Crippen molar-refractivity contribution in [2.45, 2.75) is 6.92 Å². The Morgan fingerprint density at radius 3 is 2.53 bits per heavy atom. The summed E-state index contributed by atoms with van der Waals surface area (Å²) in [6.07, 6.45) is 0. The molecule has 0 saturated carbocycles. The number of rotatable bonds is 1. The van der Waals surface area contributed by atoms with Crippen LogP contribution in [0.25, 0.3) is 22.2 Å². The Kier molecular flexibility index (Phi) is 2.99. The molecule has 19 heavy (non-hydrogen) atoms. The van der Waals surface area contributed by atoms with Gasteiger partial charge in [-0.1, -0.05) is 36.4 Å². The molecule has 0 bridgehead atoms. The van der Waals surface area contributed by atoms with Gasteiger partial charge in [-0.3, -0.25) is 4.79 Å². The van der Waals surface area contributed by atoms with Gasteiger partial charge in [0.1, 0.15) is 0 Å². The van der Waals surface area contributed by atoms with Crippen LogP contribution in [0.2, 0.25) is 0 Å². The Labute approximate surface area is 119 Å². The highest BCUT2D eigenvalue weighted by Gasteiger charge is 2.08. The summed E-state index contributed by atoms with van der Waals surface area (Å²) >= 11 is 3.50. The van der Waals surface area contributed by atoms with E-state index >= 15 is 0 Å². The average Bonchev–Trinajstić information content (AvgIpc) is 2.43. The minimum atomic E-state index is 0.0476. The zero-order valence-corrected chi connectivity index (χ0v) is 12.0. The van der Waals surface area contributed by atoms with Gasteiger partial charge in [0.25, 0.3) is 0 Å². The lowest BCUT2D eigenvalue weighted by Gasteiger charge is -2.08. The zero-order valence-electron chi connectivity index (χ0n) is 10.4. The predicted octanol–water partition coefficient (Wildman–Crippen LogP) is 4.27. The third-order valence-electron chi connectivity index (χ3n) is 3.23. The quantitative estimate of drug-likeness (QED) is 0.715. The van der Waals surface area contributed by atoms with Crippen molar-refractivity contribution in [2.75, 3.05) is 0 Å². The van der Waals surface area contributed by atoms with Crippen LogP contribution in [0.5, 0.6) is 0 Å². The van der Waals surface area contributed by atoms with Gasteiger partial charge in [0.2, 0.25) is 0 Å². The molecule has 0 aliphatic heterocycles. The second-order valence-electron chi connectivity index (χ2n) is 4.53. The van der Waals surface area contributed by atoms with E-state index in [0.717, 1.165) is 32.2 Å². The van der Waals surface area contributed by atoms with Gasteiger partial charge < -0.3 is 4.98 Å². The van der Waals surface area contributed by atoms with Crippen LogP contribution in [-0.2, 0) is 0 Å². The van der Waals surface area contributed by atoms with E-state index in [1.165, 1.54) is 0 Å². The molecular formula is C16H12BrNO. The molecule has 3 heteroatoms. The van der Waals surface area contributed by atoms with Crippen molar-refractivity contribution in [2.24, 2.45) is 0 Å². The molecule has 0 atom stereocenters. The first-order chi connectivity index (χ1) is 9.16. The largest absolute Gasteiger partial charge is 0.353 e. The monoisotopic (exact) mass is 313 g/mol. The Morgan fingerprint density at radius 1 is 1.05 bits per heavy atom. The number of hydrogen-bond acceptors (Lipinski definition) is 1. The van der Waals surface area contributed by atoms with Gasteiger partial charge in [0.05, 0.1) is 5.52 Å². The van der Waals surface area contributed by atoms with E-state index in [1.54, 1.807) is 6.07 Å². The van der Waals surface area contributed by atoms with Crippen molar-refractivity contribution in [1.29, 1.82) is 0 Å². The van der Waals surface area contributed by atoms with Crippen LogP contribution in [0, 0.1) is 6.92 Å². The van der Waals surface area contributed by atoms with Crippen LogP contribution in [0.3, 0.4) is 0 Å². The second kappa shape index (κ2) is 4.67. The first kappa shape index (κ1) is 12.2. The fourth-order valence-electron chi connectivity index (χ4n) is 2.27. The van der Waals surface area contributed by atoms with Gasteiger partial charge in [-0.25, -0.2) is 0 Å². The Bertz CT molecular complexity index is 806. The smallest absolute Gasteiger partial charge is 0.190 e. The number of aromatic amines is 1. The lowest BCUT2D eigenvalue weighted by molar-refractivity contribution is 1.35. The van der Waals surface area contributed by atoms with Crippen LogP contribution in [0.1, 0.15) is 5.56 Å². The highest BCUT2D eigenvalue weighted by Crippen LogP contribution is 2.25. The summed E-state index contributed by atoms with van der Waals surface area (Å²) in [4.78, 5) is 15.7. The first-order valence-electron chi connectivity index (χ1n) is 6.04. The van der Waals surface area contributed by atoms with Gasteiger partial charge in [-0.15, -0.1) is 0 Å². The highest BCUT2D eigenvalue weighted by molar-refractivity contribution is 9.10. The van der Waals surface area contributed by atoms with E-state index in [1.807, 2.05) is 49.4 Å². The molecule has 0 amide bonds. The number of halogens is 1. The standard InChI is InChI=1S/C16H12BrNO/c1-10-7-8-12(17)16-15(10)14(19)9-13(18-16)11-5-3-2-4-6-11/h2-9H,1H3,(H,18,19). The minimum absolute atomic E-state index is 0.0476. The number of H-pyrrole nitrogens is 1. The highest BCUT2D eigenvalue weighted by atomic mass is 79.9. The van der Waals surface area contributed by atoms with Crippen LogP contribution >= 0.6 is 15.9 Å². The molecule has 0 fully saturated rings. The maximum absolute atomic E-state index is 12.3. The number of pyridine rings is 1. The molecule has 0 aliphatic carbocycles. The maximum atomic E-state index is 12.3. The van der Waals surface area contributed by atoms with Crippen LogP contribution in [0.15, 0.2) is 57.8 Å². The third-order valence-corrected chi connectivity index (χ3v) is 3.89. The lowest BCUT2D eigenvalue weighted by atomic mass is 10.1. The van der Waals surface area contributed by atoms with E-state index in [4.69, 9.17) is 0 Å². The molecule has 94 valence electrons. The molecular weight excluding hydrogens is 302 g/mol. The number of fused-ring (bicyclic) bond motifs is 1. The normalized spacial score (nSPS) is 10.8. The Balaban J connectivity index is 2.38. The lowest BCUT2D eigenvalue weighted by Crippen LogP contribution is -2.05. The van der Waals surface area contributed by atoms with E-state index in [0.29, 0.717) is 0 Å². The second-order valence-corrected chi connectivity index (χ2v) is 5.38. The summed E-state index contributed by atoms with van der Waals surface area (Å²) in [5, 5.41) is 0.744. The SMILES string of the molecule is Cc1ccc(Br)c2[nH]c(-c3ccccc3)cc(=O)c12.